The van der Waals surface area contributed by atoms with Crippen molar-refractivity contribution in [3.05, 3.63) is 165 Å². The zero-order valence-electron chi connectivity index (χ0n) is 53.6. The van der Waals surface area contributed by atoms with Gasteiger partial charge in [0.1, 0.15) is 25.2 Å². The second-order valence-electron chi connectivity index (χ2n) is 23.2. The third kappa shape index (κ3) is 16.7. The van der Waals surface area contributed by atoms with Gasteiger partial charge in [-0.2, -0.15) is 26.3 Å². The molecule has 6 atom stereocenters. The highest BCUT2D eigenvalue weighted by Crippen LogP contribution is 2.46. The summed E-state index contributed by atoms with van der Waals surface area (Å²) in [7, 11) is 16.0. The molecule has 0 saturated heterocycles. The maximum Gasteiger partial charge on any atom is 0.416 e. The van der Waals surface area contributed by atoms with E-state index in [2.05, 4.69) is 0 Å². The summed E-state index contributed by atoms with van der Waals surface area (Å²) in [6.07, 6.45) is -10.0. The fraction of sp³-hybridized carbons (Fsp3) is 0.420. The van der Waals surface area contributed by atoms with Gasteiger partial charge in [0.05, 0.1) is 120 Å². The molecular formula is C69H78F6N2O16+2. The third-order valence-corrected chi connectivity index (χ3v) is 17.4. The summed E-state index contributed by atoms with van der Waals surface area (Å²) in [4.78, 5) is 56.7. The molecule has 0 fully saturated rings. The van der Waals surface area contributed by atoms with Crippen LogP contribution in [0.1, 0.15) is 96.6 Å². The van der Waals surface area contributed by atoms with Crippen LogP contribution in [0.2, 0.25) is 0 Å². The Balaban J connectivity index is 1.00. The molecule has 0 radical (unpaired) electrons. The fourth-order valence-corrected chi connectivity index (χ4v) is 12.2. The van der Waals surface area contributed by atoms with E-state index in [0.717, 1.165) is 81.9 Å². The number of esters is 4. The smallest absolute Gasteiger partial charge is 0.416 e. The van der Waals surface area contributed by atoms with Crippen molar-refractivity contribution in [1.29, 1.82) is 0 Å². The summed E-state index contributed by atoms with van der Waals surface area (Å²) in [5.74, 6) is -0.00562. The topological polar surface area (TPSA) is 179 Å². The average Bonchev–Trinajstić information content (AvgIpc) is 0.826. The number of likely N-dealkylation sites (N-methyl/N-ethyl adjacent to an activating group) is 2. The van der Waals surface area contributed by atoms with Gasteiger partial charge < -0.3 is 65.8 Å². The molecule has 0 spiro atoms. The molecule has 2 aliphatic rings. The minimum absolute atomic E-state index is 0.108. The number of alkyl halides is 6. The lowest BCUT2D eigenvalue weighted by molar-refractivity contribution is -0.943. The van der Waals surface area contributed by atoms with Crippen LogP contribution in [0.4, 0.5) is 26.3 Å². The van der Waals surface area contributed by atoms with Gasteiger partial charge in [0, 0.05) is 36.8 Å². The summed E-state index contributed by atoms with van der Waals surface area (Å²) < 4.78 is 151. The monoisotopic (exact) mass is 1300 g/mol. The quantitative estimate of drug-likeness (QED) is 0.0149. The zero-order valence-corrected chi connectivity index (χ0v) is 53.6. The highest BCUT2D eigenvalue weighted by molar-refractivity contribution is 5.92. The number of ether oxygens (including phenoxy) is 12. The SMILES string of the molecule is COc1ccc(CC2c3cc(OC)c(OC)cc3CC[N+]2(C)CC(OC(=O)c2ccc(C(F)(F)F)cc2)C(=O)OCCCCCOC(=O)C(C[N+]2(C)CCc3cc(OC)c(OC)cc3C2Cc2ccc(OC)c(OC)c2)OC(=O)c2ccc(C(F)(F)F)cc2)cc1OC. The van der Waals surface area contributed by atoms with Gasteiger partial charge in [-0.05, 0) is 139 Å². The second kappa shape index (κ2) is 30.2. The molecule has 0 N–H and O–H groups in total. The van der Waals surface area contributed by atoms with Crippen LogP contribution in [0, 0.1) is 0 Å². The summed E-state index contributed by atoms with van der Waals surface area (Å²) in [6, 6.07) is 24.6. The van der Waals surface area contributed by atoms with Gasteiger partial charge >= 0.3 is 36.2 Å². The van der Waals surface area contributed by atoms with Crippen LogP contribution in [0.5, 0.6) is 46.0 Å². The first-order chi connectivity index (χ1) is 44.3. The lowest BCUT2D eigenvalue weighted by atomic mass is 9.86. The minimum Gasteiger partial charge on any atom is -0.493 e. The molecule has 0 amide bonds. The Bertz CT molecular complexity index is 3370. The van der Waals surface area contributed by atoms with Crippen LogP contribution in [-0.2, 0) is 66.6 Å². The molecule has 0 aliphatic carbocycles. The molecule has 18 nitrogen and oxygen atoms in total. The Labute approximate surface area is 536 Å². The third-order valence-electron chi connectivity index (χ3n) is 17.4. The van der Waals surface area contributed by atoms with Crippen molar-refractivity contribution in [3.8, 4) is 46.0 Å². The molecule has 2 aliphatic heterocycles. The molecule has 8 rings (SSSR count). The normalized spacial score (nSPS) is 18.3. The molecule has 0 saturated carbocycles. The number of nitrogens with zero attached hydrogens (tertiary/aromatic N) is 2. The molecule has 0 bridgehead atoms. The molecule has 24 heteroatoms. The summed E-state index contributed by atoms with van der Waals surface area (Å²) >= 11 is 0. The average molecular weight is 1310 g/mol. The fourth-order valence-electron chi connectivity index (χ4n) is 12.2. The zero-order chi connectivity index (χ0) is 67.4. The maximum atomic E-state index is 14.5. The van der Waals surface area contributed by atoms with E-state index in [9.17, 15) is 45.5 Å². The van der Waals surface area contributed by atoms with Crippen LogP contribution in [0.25, 0.3) is 0 Å². The van der Waals surface area contributed by atoms with E-state index < -0.39 is 71.6 Å². The molecular weight excluding hydrogens is 1230 g/mol. The first-order valence-electron chi connectivity index (χ1n) is 30.0. The van der Waals surface area contributed by atoms with Crippen molar-refractivity contribution >= 4 is 23.9 Å². The summed E-state index contributed by atoms with van der Waals surface area (Å²) in [5.41, 5.74) is 2.90. The lowest BCUT2D eigenvalue weighted by Gasteiger charge is -2.47. The Morgan fingerprint density at radius 2 is 0.753 bits per heavy atom. The predicted molar refractivity (Wildman–Crippen MR) is 327 cm³/mol. The molecule has 6 unspecified atom stereocenters. The van der Waals surface area contributed by atoms with Crippen molar-refractivity contribution in [3.63, 3.8) is 0 Å². The van der Waals surface area contributed by atoms with E-state index in [0.29, 0.717) is 91.2 Å². The van der Waals surface area contributed by atoms with Gasteiger partial charge in [-0.1, -0.05) is 12.1 Å². The van der Waals surface area contributed by atoms with Gasteiger partial charge in [-0.3, -0.25) is 0 Å². The van der Waals surface area contributed by atoms with Gasteiger partial charge in [0.2, 0.25) is 12.2 Å². The number of methoxy groups -OCH3 is 8. The number of unbranched alkanes of at least 4 members (excludes halogenated alkanes) is 2. The van der Waals surface area contributed by atoms with E-state index in [1.165, 1.54) is 56.9 Å². The molecule has 500 valence electrons. The number of hydrogen-bond donors (Lipinski definition) is 0. The lowest BCUT2D eigenvalue weighted by Crippen LogP contribution is -2.57. The first-order valence-corrected chi connectivity index (χ1v) is 30.0. The van der Waals surface area contributed by atoms with E-state index in [1.54, 1.807) is 12.1 Å². The van der Waals surface area contributed by atoms with Crippen molar-refractivity contribution in [2.75, 3.05) is 110 Å². The second-order valence-corrected chi connectivity index (χ2v) is 23.2. The largest absolute Gasteiger partial charge is 0.493 e. The van der Waals surface area contributed by atoms with E-state index >= 15 is 0 Å². The number of benzene rings is 6. The van der Waals surface area contributed by atoms with Gasteiger partial charge in [-0.15, -0.1) is 0 Å². The summed E-state index contributed by atoms with van der Waals surface area (Å²) in [6.45, 7) is 0.189. The summed E-state index contributed by atoms with van der Waals surface area (Å²) in [5, 5.41) is 0. The molecule has 6 aromatic carbocycles. The van der Waals surface area contributed by atoms with Gasteiger partial charge in [0.15, 0.2) is 46.0 Å². The number of hydrogen-bond acceptors (Lipinski definition) is 16. The maximum absolute atomic E-state index is 14.5. The van der Waals surface area contributed by atoms with Crippen molar-refractivity contribution in [2.45, 2.75) is 81.6 Å². The van der Waals surface area contributed by atoms with Gasteiger partial charge in [0.25, 0.3) is 0 Å². The minimum atomic E-state index is -4.68. The van der Waals surface area contributed by atoms with E-state index in [4.69, 9.17) is 56.8 Å². The number of halogens is 6. The first kappa shape index (κ1) is 70.0. The highest BCUT2D eigenvalue weighted by atomic mass is 19.4. The van der Waals surface area contributed by atoms with Crippen LogP contribution in [-0.4, -0.2) is 155 Å². The number of rotatable bonds is 28. The number of carbonyl (C=O) groups is 4. The van der Waals surface area contributed by atoms with E-state index in [-0.39, 0.29) is 59.2 Å². The number of carbonyl (C=O) groups excluding carboxylic acids is 4. The number of fused-ring (bicyclic) bond motifs is 2. The molecule has 6 aromatic rings. The Morgan fingerprint density at radius 1 is 0.430 bits per heavy atom. The Hall–Kier alpha value is -8.90. The van der Waals surface area contributed by atoms with Crippen molar-refractivity contribution < 1.29 is 111 Å². The van der Waals surface area contributed by atoms with Crippen LogP contribution in [0.3, 0.4) is 0 Å². The molecule has 93 heavy (non-hydrogen) atoms. The van der Waals surface area contributed by atoms with Crippen LogP contribution < -0.4 is 37.9 Å². The number of quaternary nitrogens is 2. The predicted octanol–water partition coefficient (Wildman–Crippen LogP) is 11.8. The Morgan fingerprint density at radius 3 is 1.08 bits per heavy atom. The van der Waals surface area contributed by atoms with E-state index in [1.807, 2.05) is 62.6 Å². The van der Waals surface area contributed by atoms with Crippen LogP contribution in [0.15, 0.2) is 109 Å². The Kier molecular flexibility index (Phi) is 22.8. The van der Waals surface area contributed by atoms with Crippen molar-refractivity contribution in [1.82, 2.24) is 0 Å². The van der Waals surface area contributed by atoms with Gasteiger partial charge in [-0.25, -0.2) is 19.2 Å². The van der Waals surface area contributed by atoms with Crippen molar-refractivity contribution in [2.24, 2.45) is 0 Å². The standard InChI is InChI=1S/C69H78F6N2O16/c1-76(28-26-46-36-58(86-7)60(88-9)38-50(46)52(76)32-42-14-24-54(82-3)56(34-42)84-5)40-62(92-64(78)44-16-20-48(21-17-44)68(70,71)72)66(80)90-30-12-11-13-31-91-67(81)63(93-65(79)45-18-22-49(23-19-45)69(73,74)75)41-77(2)29-27-47-37-59(87-8)61(89-10)39-51(47)53(77)33-43-15-25-55(83-4)57(35-43)85-6/h14-25,34-39,52-53,62-63H,11-13,26-33,40-41H2,1-10H3/q+2. The highest BCUT2D eigenvalue weighted by Gasteiger charge is 2.47. The molecule has 2 heterocycles. The van der Waals surface area contributed by atoms with Crippen LogP contribution >= 0.6 is 0 Å². The molecule has 0 aromatic heterocycles.